The largest absolute Gasteiger partial charge is 0.366 e. The number of hydrogen-bond acceptors (Lipinski definition) is 2. The predicted molar refractivity (Wildman–Crippen MR) is 68.4 cm³/mol. The monoisotopic (exact) mass is 218 g/mol. The van der Waals surface area contributed by atoms with Crippen LogP contribution >= 0.6 is 0 Å². The summed E-state index contributed by atoms with van der Waals surface area (Å²) >= 11 is 0. The van der Waals surface area contributed by atoms with E-state index in [1.165, 1.54) is 0 Å². The first-order valence-corrected chi connectivity index (χ1v) is 4.88. The summed E-state index contributed by atoms with van der Waals surface area (Å²) in [4.78, 5) is 9.82. The van der Waals surface area contributed by atoms with Crippen LogP contribution in [0.1, 0.15) is 18.1 Å². The summed E-state index contributed by atoms with van der Waals surface area (Å²) in [5.41, 5.74) is 12.8. The van der Waals surface area contributed by atoms with Crippen LogP contribution in [-0.4, -0.2) is 5.91 Å². The van der Waals surface area contributed by atoms with Crippen molar-refractivity contribution in [3.8, 4) is 0 Å². The molecule has 0 saturated carbocycles. The molecule has 16 heavy (non-hydrogen) atoms. The first-order chi connectivity index (χ1) is 7.51. The van der Waals surface area contributed by atoms with Crippen molar-refractivity contribution >= 4 is 12.0 Å². The van der Waals surface area contributed by atoms with E-state index in [1.807, 2.05) is 30.3 Å². The van der Waals surface area contributed by atoms with Gasteiger partial charge in [-0.05, 0) is 18.1 Å². The molecule has 0 aliphatic carbocycles. The number of primary amides is 1. The van der Waals surface area contributed by atoms with E-state index in [1.54, 1.807) is 6.92 Å². The second kappa shape index (κ2) is 7.43. The molecule has 0 radical (unpaired) electrons. The highest BCUT2D eigenvalue weighted by Crippen LogP contribution is 2.03. The number of rotatable bonds is 3. The normalized spacial score (nSPS) is 8.62. The van der Waals surface area contributed by atoms with Crippen LogP contribution in [0.2, 0.25) is 0 Å². The third kappa shape index (κ3) is 5.78. The van der Waals surface area contributed by atoms with Gasteiger partial charge in [0.25, 0.3) is 0 Å². The third-order valence-corrected chi connectivity index (χ3v) is 1.87. The lowest BCUT2D eigenvalue weighted by molar-refractivity contribution is -0.114. The Bertz CT molecular complexity index is 354. The third-order valence-electron chi connectivity index (χ3n) is 1.87. The van der Waals surface area contributed by atoms with E-state index in [0.29, 0.717) is 12.1 Å². The summed E-state index contributed by atoms with van der Waals surface area (Å²) in [6, 6.07) is 8.04. The van der Waals surface area contributed by atoms with Crippen molar-refractivity contribution in [3.05, 3.63) is 54.1 Å². The van der Waals surface area contributed by atoms with Crippen molar-refractivity contribution in [2.75, 3.05) is 0 Å². The maximum atomic E-state index is 9.82. The van der Waals surface area contributed by atoms with E-state index in [4.69, 9.17) is 11.5 Å². The van der Waals surface area contributed by atoms with Gasteiger partial charge in [-0.15, -0.1) is 0 Å². The molecule has 0 aromatic heterocycles. The molecule has 0 fully saturated rings. The van der Waals surface area contributed by atoms with Gasteiger partial charge in [0.2, 0.25) is 5.91 Å². The van der Waals surface area contributed by atoms with Crippen molar-refractivity contribution in [1.29, 1.82) is 0 Å². The highest BCUT2D eigenvalue weighted by atomic mass is 16.1. The van der Waals surface area contributed by atoms with Gasteiger partial charge < -0.3 is 11.5 Å². The Kier molecular flexibility index (Phi) is 6.56. The average molecular weight is 218 g/mol. The Morgan fingerprint density at radius 2 is 1.81 bits per heavy atom. The van der Waals surface area contributed by atoms with E-state index >= 15 is 0 Å². The lowest BCUT2D eigenvalue weighted by atomic mass is 10.1. The molecule has 0 aliphatic rings. The maximum Gasteiger partial charge on any atom is 0.243 e. The Balaban J connectivity index is 0.000000325. The zero-order valence-electron chi connectivity index (χ0n) is 9.57. The minimum atomic E-state index is -0.435. The van der Waals surface area contributed by atoms with Gasteiger partial charge in [-0.2, -0.15) is 0 Å². The molecule has 3 heteroatoms. The summed E-state index contributed by atoms with van der Waals surface area (Å²) in [5, 5.41) is 0. The molecule has 1 amide bonds. The van der Waals surface area contributed by atoms with Gasteiger partial charge in [0.05, 0.1) is 0 Å². The number of benzene rings is 1. The van der Waals surface area contributed by atoms with Gasteiger partial charge in [-0.1, -0.05) is 43.5 Å². The highest BCUT2D eigenvalue weighted by Gasteiger charge is 1.87. The van der Waals surface area contributed by atoms with E-state index in [9.17, 15) is 4.79 Å². The SMILES string of the molecule is C=C(C)C(N)=O.C=Cc1ccc(CN)cc1. The van der Waals surface area contributed by atoms with Gasteiger partial charge in [-0.25, -0.2) is 0 Å². The van der Waals surface area contributed by atoms with Crippen molar-refractivity contribution in [2.45, 2.75) is 13.5 Å². The molecule has 0 bridgehead atoms. The number of carbonyl (C=O) groups is 1. The average Bonchev–Trinajstić information content (AvgIpc) is 2.30. The lowest BCUT2D eigenvalue weighted by Crippen LogP contribution is -2.10. The molecule has 1 aromatic rings. The number of amides is 1. The van der Waals surface area contributed by atoms with Crippen LogP contribution in [-0.2, 0) is 11.3 Å². The van der Waals surface area contributed by atoms with Gasteiger partial charge in [0, 0.05) is 12.1 Å². The second-order valence-corrected chi connectivity index (χ2v) is 3.29. The Morgan fingerprint density at radius 3 is 2.06 bits per heavy atom. The molecule has 1 rings (SSSR count). The van der Waals surface area contributed by atoms with Crippen LogP contribution in [0.5, 0.6) is 0 Å². The molecule has 0 aliphatic heterocycles. The smallest absolute Gasteiger partial charge is 0.243 e. The van der Waals surface area contributed by atoms with Gasteiger partial charge in [-0.3, -0.25) is 4.79 Å². The molecule has 4 N–H and O–H groups in total. The highest BCUT2D eigenvalue weighted by molar-refractivity contribution is 5.90. The van der Waals surface area contributed by atoms with Crippen LogP contribution < -0.4 is 11.5 Å². The Hall–Kier alpha value is -1.87. The fraction of sp³-hybridized carbons (Fsp3) is 0.154. The van der Waals surface area contributed by atoms with E-state index in [-0.39, 0.29) is 0 Å². The van der Waals surface area contributed by atoms with Gasteiger partial charge >= 0.3 is 0 Å². The molecule has 86 valence electrons. The minimum absolute atomic E-state index is 0.398. The molecule has 1 aromatic carbocycles. The molecular formula is C13H18N2O. The van der Waals surface area contributed by atoms with E-state index in [0.717, 1.165) is 11.1 Å². The van der Waals surface area contributed by atoms with Gasteiger partial charge in [0.15, 0.2) is 0 Å². The molecule has 0 spiro atoms. The first-order valence-electron chi connectivity index (χ1n) is 4.88. The fourth-order valence-corrected chi connectivity index (χ4v) is 0.790. The Labute approximate surface area is 96.5 Å². The molecular weight excluding hydrogens is 200 g/mol. The van der Waals surface area contributed by atoms with Crippen LogP contribution in [0.15, 0.2) is 43.0 Å². The zero-order valence-corrected chi connectivity index (χ0v) is 9.57. The van der Waals surface area contributed by atoms with Crippen molar-refractivity contribution in [1.82, 2.24) is 0 Å². The summed E-state index contributed by atoms with van der Waals surface area (Å²) in [6.45, 7) is 9.12. The van der Waals surface area contributed by atoms with Crippen LogP contribution in [0, 0.1) is 0 Å². The van der Waals surface area contributed by atoms with Gasteiger partial charge in [0.1, 0.15) is 0 Å². The summed E-state index contributed by atoms with van der Waals surface area (Å²) in [7, 11) is 0. The minimum Gasteiger partial charge on any atom is -0.366 e. The lowest BCUT2D eigenvalue weighted by Gasteiger charge is -1.95. The van der Waals surface area contributed by atoms with E-state index < -0.39 is 5.91 Å². The second-order valence-electron chi connectivity index (χ2n) is 3.29. The van der Waals surface area contributed by atoms with Crippen molar-refractivity contribution in [2.24, 2.45) is 11.5 Å². The molecule has 0 saturated heterocycles. The summed E-state index contributed by atoms with van der Waals surface area (Å²) in [5.74, 6) is -0.435. The van der Waals surface area contributed by atoms with E-state index in [2.05, 4.69) is 13.2 Å². The summed E-state index contributed by atoms with van der Waals surface area (Å²) < 4.78 is 0. The number of nitrogens with two attached hydrogens (primary N) is 2. The molecule has 0 heterocycles. The van der Waals surface area contributed by atoms with Crippen LogP contribution in [0.4, 0.5) is 0 Å². The topological polar surface area (TPSA) is 69.1 Å². The van der Waals surface area contributed by atoms with Crippen molar-refractivity contribution < 1.29 is 4.79 Å². The molecule has 0 unspecified atom stereocenters. The fourth-order valence-electron chi connectivity index (χ4n) is 0.790. The first kappa shape index (κ1) is 14.1. The zero-order chi connectivity index (χ0) is 12.6. The van der Waals surface area contributed by atoms with Crippen LogP contribution in [0.3, 0.4) is 0 Å². The maximum absolute atomic E-state index is 9.82. The quantitative estimate of drug-likeness (QED) is 0.760. The number of carbonyl (C=O) groups excluding carboxylic acids is 1. The molecule has 0 atom stereocenters. The van der Waals surface area contributed by atoms with Crippen molar-refractivity contribution in [3.63, 3.8) is 0 Å². The Morgan fingerprint density at radius 1 is 1.38 bits per heavy atom. The number of hydrogen-bond donors (Lipinski definition) is 2. The predicted octanol–water partition coefficient (Wildman–Crippen LogP) is 1.84. The molecule has 3 nitrogen and oxygen atoms in total. The summed E-state index contributed by atoms with van der Waals surface area (Å²) in [6.07, 6.45) is 1.82. The standard InChI is InChI=1S/C9H11N.C4H7NO/c1-2-8-3-5-9(7-10)6-4-8;1-3(2)4(5)6/h2-6H,1,7,10H2;1H2,2H3,(H2,5,6). The van der Waals surface area contributed by atoms with Crippen LogP contribution in [0.25, 0.3) is 6.08 Å².